The molecule has 0 unspecified atom stereocenters. The minimum absolute atomic E-state index is 0.0227. The first-order valence-electron chi connectivity index (χ1n) is 7.42. The van der Waals surface area contributed by atoms with Crippen molar-refractivity contribution in [3.8, 4) is 0 Å². The molecule has 0 aliphatic heterocycles. The van der Waals surface area contributed by atoms with Crippen LogP contribution >= 0.6 is 21.6 Å². The Morgan fingerprint density at radius 2 is 1.77 bits per heavy atom. The van der Waals surface area contributed by atoms with Crippen molar-refractivity contribution in [2.45, 2.75) is 51.6 Å². The van der Waals surface area contributed by atoms with Gasteiger partial charge in [-0.3, -0.25) is 0 Å². The number of hydrogen-bond donors (Lipinski definition) is 3. The molecular formula is C17H27NO2S2. The number of benzene rings is 1. The first-order chi connectivity index (χ1) is 10.4. The standard InChI is InChI=1S/C17H27NO2S2/c1-5-15(6-7-17(2,3)22-21-4)18-16-9-13(11-19)8-14(10-16)12-20/h5,8-10,18-20H,6-7,11-12H2,1-4H3. The molecule has 0 radical (unpaired) electrons. The van der Waals surface area contributed by atoms with Crippen LogP contribution in [0.3, 0.4) is 0 Å². The molecule has 1 aromatic carbocycles. The van der Waals surface area contributed by atoms with Gasteiger partial charge in [-0.1, -0.05) is 33.7 Å². The van der Waals surface area contributed by atoms with Gasteiger partial charge in [-0.15, -0.1) is 0 Å². The average molecular weight is 342 g/mol. The third-order valence-electron chi connectivity index (χ3n) is 3.38. The largest absolute Gasteiger partial charge is 0.392 e. The molecule has 1 aromatic rings. The maximum Gasteiger partial charge on any atom is 0.0682 e. The predicted octanol–water partition coefficient (Wildman–Crippen LogP) is 4.56. The van der Waals surface area contributed by atoms with Crippen molar-refractivity contribution in [3.63, 3.8) is 0 Å². The summed E-state index contributed by atoms with van der Waals surface area (Å²) in [6, 6.07) is 5.66. The molecule has 0 saturated carbocycles. The molecule has 3 N–H and O–H groups in total. The van der Waals surface area contributed by atoms with Gasteiger partial charge >= 0.3 is 0 Å². The molecule has 0 fully saturated rings. The summed E-state index contributed by atoms with van der Waals surface area (Å²) < 4.78 is 0.235. The molecule has 0 heterocycles. The number of nitrogens with one attached hydrogen (secondary N) is 1. The summed E-state index contributed by atoms with van der Waals surface area (Å²) in [5.41, 5.74) is 3.69. The SMILES string of the molecule is CC=C(CCC(C)(C)SSC)Nc1cc(CO)cc(CO)c1. The van der Waals surface area contributed by atoms with E-state index in [1.165, 1.54) is 0 Å². The van der Waals surface area contributed by atoms with E-state index in [0.29, 0.717) is 0 Å². The van der Waals surface area contributed by atoms with E-state index in [1.54, 1.807) is 10.8 Å². The molecule has 22 heavy (non-hydrogen) atoms. The maximum absolute atomic E-state index is 9.31. The van der Waals surface area contributed by atoms with Crippen molar-refractivity contribution in [3.05, 3.63) is 41.1 Å². The Balaban J connectivity index is 2.74. The normalized spacial score (nSPS) is 12.5. The quantitative estimate of drug-likeness (QED) is 0.575. The molecule has 124 valence electrons. The molecule has 0 aliphatic rings. The first-order valence-corrected chi connectivity index (χ1v) is 9.98. The highest BCUT2D eigenvalue weighted by molar-refractivity contribution is 8.76. The number of allylic oxidation sites excluding steroid dienone is 2. The van der Waals surface area contributed by atoms with Crippen LogP contribution in [0.5, 0.6) is 0 Å². The third kappa shape index (κ3) is 6.65. The van der Waals surface area contributed by atoms with Crippen molar-refractivity contribution in [1.82, 2.24) is 0 Å². The molecule has 0 saturated heterocycles. The second kappa shape index (κ2) is 9.50. The maximum atomic E-state index is 9.31. The second-order valence-electron chi connectivity index (χ2n) is 5.80. The Kier molecular flexibility index (Phi) is 8.39. The van der Waals surface area contributed by atoms with Crippen LogP contribution in [-0.4, -0.2) is 21.2 Å². The molecule has 1 rings (SSSR count). The van der Waals surface area contributed by atoms with Gasteiger partial charge in [0.05, 0.1) is 13.2 Å². The topological polar surface area (TPSA) is 52.5 Å². The van der Waals surface area contributed by atoms with E-state index in [2.05, 4.69) is 31.5 Å². The highest BCUT2D eigenvalue weighted by Crippen LogP contribution is 2.37. The molecule has 0 atom stereocenters. The van der Waals surface area contributed by atoms with Crippen LogP contribution in [0.25, 0.3) is 0 Å². The zero-order valence-corrected chi connectivity index (χ0v) is 15.5. The third-order valence-corrected chi connectivity index (χ3v) is 6.05. The second-order valence-corrected chi connectivity index (χ2v) is 8.91. The number of aliphatic hydroxyl groups excluding tert-OH is 2. The number of anilines is 1. The van der Waals surface area contributed by atoms with Crippen LogP contribution in [-0.2, 0) is 13.2 Å². The van der Waals surface area contributed by atoms with Crippen LogP contribution in [0.4, 0.5) is 5.69 Å². The highest BCUT2D eigenvalue weighted by Gasteiger charge is 2.18. The summed E-state index contributed by atoms with van der Waals surface area (Å²) >= 11 is 0. The fourth-order valence-electron chi connectivity index (χ4n) is 2.18. The van der Waals surface area contributed by atoms with E-state index in [-0.39, 0.29) is 18.0 Å². The Morgan fingerprint density at radius 3 is 2.23 bits per heavy atom. The van der Waals surface area contributed by atoms with Gasteiger partial charge in [0.1, 0.15) is 0 Å². The molecule has 0 spiro atoms. The monoisotopic (exact) mass is 341 g/mol. The fraction of sp³-hybridized carbons (Fsp3) is 0.529. The van der Waals surface area contributed by atoms with Crippen molar-refractivity contribution >= 4 is 27.3 Å². The van der Waals surface area contributed by atoms with Crippen LogP contribution in [0.15, 0.2) is 30.0 Å². The van der Waals surface area contributed by atoms with Crippen molar-refractivity contribution < 1.29 is 10.2 Å². The van der Waals surface area contributed by atoms with Gasteiger partial charge in [-0.2, -0.15) is 0 Å². The molecule has 0 bridgehead atoms. The Labute approximate surface area is 142 Å². The van der Waals surface area contributed by atoms with Gasteiger partial charge in [0.15, 0.2) is 0 Å². The van der Waals surface area contributed by atoms with Crippen LogP contribution in [0.1, 0.15) is 44.7 Å². The predicted molar refractivity (Wildman–Crippen MR) is 100 cm³/mol. The highest BCUT2D eigenvalue weighted by atomic mass is 33.1. The van der Waals surface area contributed by atoms with Crippen LogP contribution in [0.2, 0.25) is 0 Å². The van der Waals surface area contributed by atoms with E-state index in [1.807, 2.05) is 35.9 Å². The molecule has 3 nitrogen and oxygen atoms in total. The summed E-state index contributed by atoms with van der Waals surface area (Å²) in [7, 11) is 3.70. The zero-order chi connectivity index (χ0) is 16.6. The lowest BCUT2D eigenvalue weighted by Crippen LogP contribution is -2.14. The zero-order valence-electron chi connectivity index (χ0n) is 13.8. The van der Waals surface area contributed by atoms with Crippen LogP contribution in [0, 0.1) is 0 Å². The van der Waals surface area contributed by atoms with Gasteiger partial charge in [-0.25, -0.2) is 0 Å². The Bertz CT molecular complexity index is 479. The first kappa shape index (κ1) is 19.4. The van der Waals surface area contributed by atoms with Crippen LogP contribution < -0.4 is 5.32 Å². The summed E-state index contributed by atoms with van der Waals surface area (Å²) in [5.74, 6) is 0. The minimum Gasteiger partial charge on any atom is -0.392 e. The molecule has 0 aromatic heterocycles. The average Bonchev–Trinajstić information content (AvgIpc) is 2.50. The van der Waals surface area contributed by atoms with Gasteiger partial charge in [-0.05, 0) is 63.1 Å². The van der Waals surface area contributed by atoms with Crippen molar-refractivity contribution in [1.29, 1.82) is 0 Å². The number of rotatable bonds is 9. The molecular weight excluding hydrogens is 314 g/mol. The Morgan fingerprint density at radius 1 is 1.18 bits per heavy atom. The number of hydrogen-bond acceptors (Lipinski definition) is 5. The summed E-state index contributed by atoms with van der Waals surface area (Å²) in [4.78, 5) is 0. The molecule has 5 heteroatoms. The van der Waals surface area contributed by atoms with Gasteiger partial charge in [0.25, 0.3) is 0 Å². The fourth-order valence-corrected chi connectivity index (χ4v) is 4.42. The van der Waals surface area contributed by atoms with E-state index in [0.717, 1.165) is 35.4 Å². The number of aliphatic hydroxyl groups is 2. The lowest BCUT2D eigenvalue weighted by Gasteiger charge is -2.23. The van der Waals surface area contributed by atoms with Gasteiger partial charge in [0, 0.05) is 16.1 Å². The molecule has 0 amide bonds. The van der Waals surface area contributed by atoms with E-state index in [4.69, 9.17) is 0 Å². The lowest BCUT2D eigenvalue weighted by molar-refractivity contribution is 0.275. The summed E-state index contributed by atoms with van der Waals surface area (Å²) in [6.07, 6.45) is 6.24. The smallest absolute Gasteiger partial charge is 0.0682 e. The minimum atomic E-state index is -0.0227. The Hall–Kier alpha value is -0.620. The van der Waals surface area contributed by atoms with Gasteiger partial charge < -0.3 is 15.5 Å². The van der Waals surface area contributed by atoms with E-state index >= 15 is 0 Å². The van der Waals surface area contributed by atoms with Crippen molar-refractivity contribution in [2.75, 3.05) is 11.6 Å². The summed E-state index contributed by atoms with van der Waals surface area (Å²) in [6.45, 7) is 6.51. The lowest BCUT2D eigenvalue weighted by atomic mass is 10.0. The van der Waals surface area contributed by atoms with Gasteiger partial charge in [0.2, 0.25) is 0 Å². The van der Waals surface area contributed by atoms with Crippen molar-refractivity contribution in [2.24, 2.45) is 0 Å². The summed E-state index contributed by atoms with van der Waals surface area (Å²) in [5, 5.41) is 22.0. The van der Waals surface area contributed by atoms with E-state index < -0.39 is 0 Å². The molecule has 0 aliphatic carbocycles. The van der Waals surface area contributed by atoms with E-state index in [9.17, 15) is 10.2 Å².